The maximum Gasteiger partial charge on any atom is 0.175 e. The number of aryl methyl sites for hydroxylation is 1. The van der Waals surface area contributed by atoms with E-state index < -0.39 is 0 Å². The van der Waals surface area contributed by atoms with Crippen LogP contribution >= 0.6 is 0 Å². The molecule has 1 aliphatic carbocycles. The summed E-state index contributed by atoms with van der Waals surface area (Å²) < 4.78 is 0. The van der Waals surface area contributed by atoms with Crippen molar-refractivity contribution < 1.29 is 0 Å². The Morgan fingerprint density at radius 3 is 2.60 bits per heavy atom. The van der Waals surface area contributed by atoms with Crippen molar-refractivity contribution in [3.63, 3.8) is 0 Å². The van der Waals surface area contributed by atoms with Gasteiger partial charge in [0, 0.05) is 12.0 Å². The van der Waals surface area contributed by atoms with Crippen LogP contribution in [0.2, 0.25) is 0 Å². The lowest BCUT2D eigenvalue weighted by Gasteiger charge is -2.36. The van der Waals surface area contributed by atoms with Gasteiger partial charge in [0.25, 0.3) is 0 Å². The summed E-state index contributed by atoms with van der Waals surface area (Å²) in [6, 6.07) is 0. The fourth-order valence-corrected chi connectivity index (χ4v) is 3.16. The van der Waals surface area contributed by atoms with E-state index in [1.807, 2.05) is 7.05 Å². The van der Waals surface area contributed by atoms with Gasteiger partial charge in [0.05, 0.1) is 7.05 Å². The van der Waals surface area contributed by atoms with Gasteiger partial charge in [-0.25, -0.2) is 0 Å². The van der Waals surface area contributed by atoms with E-state index in [4.69, 9.17) is 0 Å². The van der Waals surface area contributed by atoms with Crippen molar-refractivity contribution in [2.75, 3.05) is 6.54 Å². The molecule has 114 valence electrons. The smallest absolute Gasteiger partial charge is 0.175 e. The monoisotopic (exact) mass is 279 g/mol. The van der Waals surface area contributed by atoms with Crippen molar-refractivity contribution in [3.8, 4) is 0 Å². The first kappa shape index (κ1) is 15.4. The third-order valence-electron chi connectivity index (χ3n) is 4.29. The van der Waals surface area contributed by atoms with E-state index in [1.165, 1.54) is 19.3 Å². The molecule has 1 aliphatic rings. The molecule has 1 fully saturated rings. The van der Waals surface area contributed by atoms with E-state index in [2.05, 4.69) is 48.4 Å². The summed E-state index contributed by atoms with van der Waals surface area (Å²) >= 11 is 0. The van der Waals surface area contributed by atoms with Gasteiger partial charge < -0.3 is 5.32 Å². The molecule has 5 nitrogen and oxygen atoms in total. The predicted molar refractivity (Wildman–Crippen MR) is 80.3 cm³/mol. The second-order valence-electron chi connectivity index (χ2n) is 7.47. The van der Waals surface area contributed by atoms with Crippen molar-refractivity contribution in [1.29, 1.82) is 0 Å². The molecule has 0 spiro atoms. The maximum absolute atomic E-state index is 4.35. The molecule has 0 aliphatic heterocycles. The van der Waals surface area contributed by atoms with Crippen LogP contribution in [0.4, 0.5) is 0 Å². The lowest BCUT2D eigenvalue weighted by molar-refractivity contribution is 0.172. The molecule has 0 radical (unpaired) electrons. The Morgan fingerprint density at radius 1 is 1.25 bits per heavy atom. The standard InChI is InChI=1S/C15H29N5/c1-11-6-7-12(10-16-15(2,3)4)13(8-11)9-14-17-19-20(5)18-14/h11-13,16H,6-10H2,1-5H3. The fourth-order valence-electron chi connectivity index (χ4n) is 3.16. The first-order chi connectivity index (χ1) is 9.33. The molecule has 2 rings (SSSR count). The van der Waals surface area contributed by atoms with Crippen LogP contribution < -0.4 is 5.32 Å². The highest BCUT2D eigenvalue weighted by Gasteiger charge is 2.30. The Kier molecular flexibility index (Phi) is 4.78. The van der Waals surface area contributed by atoms with E-state index in [-0.39, 0.29) is 5.54 Å². The van der Waals surface area contributed by atoms with Crippen LogP contribution in [0.1, 0.15) is 52.8 Å². The van der Waals surface area contributed by atoms with Gasteiger partial charge in [-0.05, 0) is 63.1 Å². The third-order valence-corrected chi connectivity index (χ3v) is 4.29. The average molecular weight is 279 g/mol. The van der Waals surface area contributed by atoms with Crippen LogP contribution in [-0.2, 0) is 13.5 Å². The van der Waals surface area contributed by atoms with Crippen LogP contribution in [0.15, 0.2) is 0 Å². The normalized spacial score (nSPS) is 27.8. The van der Waals surface area contributed by atoms with Crippen molar-refractivity contribution in [2.24, 2.45) is 24.8 Å². The lowest BCUT2D eigenvalue weighted by atomic mass is 9.73. The summed E-state index contributed by atoms with van der Waals surface area (Å²) in [5.41, 5.74) is 0.193. The Bertz CT molecular complexity index is 420. The zero-order valence-corrected chi connectivity index (χ0v) is 13.6. The van der Waals surface area contributed by atoms with E-state index in [1.54, 1.807) is 4.80 Å². The molecular formula is C15H29N5. The van der Waals surface area contributed by atoms with Gasteiger partial charge in [0.2, 0.25) is 0 Å². The summed E-state index contributed by atoms with van der Waals surface area (Å²) in [7, 11) is 1.83. The molecule has 1 saturated carbocycles. The summed E-state index contributed by atoms with van der Waals surface area (Å²) in [4.78, 5) is 1.56. The predicted octanol–water partition coefficient (Wildman–Crippen LogP) is 2.19. The van der Waals surface area contributed by atoms with Crippen molar-refractivity contribution >= 4 is 0 Å². The number of aromatic nitrogens is 4. The van der Waals surface area contributed by atoms with Gasteiger partial charge in [0.1, 0.15) is 0 Å². The summed E-state index contributed by atoms with van der Waals surface area (Å²) in [5.74, 6) is 3.13. The summed E-state index contributed by atoms with van der Waals surface area (Å²) in [6.07, 6.45) is 4.92. The van der Waals surface area contributed by atoms with Crippen LogP contribution in [0.3, 0.4) is 0 Å². The fraction of sp³-hybridized carbons (Fsp3) is 0.933. The highest BCUT2D eigenvalue weighted by atomic mass is 15.6. The Morgan fingerprint density at radius 2 is 2.00 bits per heavy atom. The maximum atomic E-state index is 4.35. The van der Waals surface area contributed by atoms with Gasteiger partial charge >= 0.3 is 0 Å². The minimum Gasteiger partial charge on any atom is -0.312 e. The Labute approximate surface area is 122 Å². The minimum absolute atomic E-state index is 0.193. The van der Waals surface area contributed by atoms with Crippen LogP contribution in [-0.4, -0.2) is 32.3 Å². The number of rotatable bonds is 4. The van der Waals surface area contributed by atoms with Crippen molar-refractivity contribution in [1.82, 2.24) is 25.5 Å². The summed E-state index contributed by atoms with van der Waals surface area (Å²) in [5, 5.41) is 16.1. The van der Waals surface area contributed by atoms with E-state index in [0.717, 1.165) is 30.6 Å². The zero-order chi connectivity index (χ0) is 14.8. The first-order valence-corrected chi connectivity index (χ1v) is 7.81. The zero-order valence-electron chi connectivity index (χ0n) is 13.6. The van der Waals surface area contributed by atoms with E-state index in [0.29, 0.717) is 5.92 Å². The number of hydrogen-bond donors (Lipinski definition) is 1. The molecule has 0 amide bonds. The SMILES string of the molecule is CC1CCC(CNC(C)(C)C)C(Cc2nnn(C)n2)C1. The molecular weight excluding hydrogens is 250 g/mol. The molecule has 3 atom stereocenters. The lowest BCUT2D eigenvalue weighted by Crippen LogP contribution is -2.42. The molecule has 1 heterocycles. The van der Waals surface area contributed by atoms with Gasteiger partial charge in [0.15, 0.2) is 5.82 Å². The molecule has 1 N–H and O–H groups in total. The number of tetrazole rings is 1. The molecule has 20 heavy (non-hydrogen) atoms. The average Bonchev–Trinajstić information content (AvgIpc) is 2.72. The van der Waals surface area contributed by atoms with Gasteiger partial charge in [-0.1, -0.05) is 13.3 Å². The van der Waals surface area contributed by atoms with Gasteiger partial charge in [-0.2, -0.15) is 4.80 Å². The molecule has 5 heteroatoms. The van der Waals surface area contributed by atoms with Gasteiger partial charge in [-0.3, -0.25) is 0 Å². The second-order valence-corrected chi connectivity index (χ2v) is 7.47. The number of nitrogens with one attached hydrogen (secondary N) is 1. The van der Waals surface area contributed by atoms with E-state index >= 15 is 0 Å². The van der Waals surface area contributed by atoms with Crippen LogP contribution in [0.25, 0.3) is 0 Å². The molecule has 0 aromatic carbocycles. The minimum atomic E-state index is 0.193. The Hall–Kier alpha value is -0.970. The Balaban J connectivity index is 1.97. The first-order valence-electron chi connectivity index (χ1n) is 7.81. The number of nitrogens with zero attached hydrogens (tertiary/aromatic N) is 4. The molecule has 1 aromatic rings. The van der Waals surface area contributed by atoms with Crippen LogP contribution in [0.5, 0.6) is 0 Å². The van der Waals surface area contributed by atoms with E-state index in [9.17, 15) is 0 Å². The highest BCUT2D eigenvalue weighted by Crippen LogP contribution is 2.35. The topological polar surface area (TPSA) is 55.6 Å². The second kappa shape index (κ2) is 6.20. The molecule has 0 bridgehead atoms. The van der Waals surface area contributed by atoms with Crippen molar-refractivity contribution in [2.45, 2.75) is 58.9 Å². The number of hydrogen-bond acceptors (Lipinski definition) is 4. The van der Waals surface area contributed by atoms with Crippen molar-refractivity contribution in [3.05, 3.63) is 5.82 Å². The highest BCUT2D eigenvalue weighted by molar-refractivity contribution is 4.89. The molecule has 0 saturated heterocycles. The van der Waals surface area contributed by atoms with Crippen LogP contribution in [0, 0.1) is 17.8 Å². The third kappa shape index (κ3) is 4.54. The molecule has 3 unspecified atom stereocenters. The quantitative estimate of drug-likeness (QED) is 0.918. The molecule has 1 aromatic heterocycles. The van der Waals surface area contributed by atoms with Gasteiger partial charge in [-0.15, -0.1) is 10.2 Å². The largest absolute Gasteiger partial charge is 0.312 e. The summed E-state index contributed by atoms with van der Waals surface area (Å²) in [6.45, 7) is 10.2.